The Morgan fingerprint density at radius 1 is 1.19 bits per heavy atom. The quantitative estimate of drug-likeness (QED) is 0.500. The van der Waals surface area contributed by atoms with Crippen LogP contribution in [0.15, 0.2) is 42.5 Å². The first-order valence-electron chi connectivity index (χ1n) is 11.0. The Bertz CT molecular complexity index is 1160. The first kappa shape index (κ1) is 20.3. The molecule has 0 radical (unpaired) electrons. The van der Waals surface area contributed by atoms with Gasteiger partial charge in [0.25, 0.3) is 0 Å². The Kier molecular flexibility index (Phi) is 5.55. The predicted octanol–water partition coefficient (Wildman–Crippen LogP) is 5.97. The van der Waals surface area contributed by atoms with Gasteiger partial charge in [0.05, 0.1) is 5.52 Å². The van der Waals surface area contributed by atoms with Crippen molar-refractivity contribution >= 4 is 33.9 Å². The van der Waals surface area contributed by atoms with Gasteiger partial charge in [0, 0.05) is 28.6 Å². The van der Waals surface area contributed by atoms with E-state index in [1.54, 1.807) is 0 Å². The maximum absolute atomic E-state index is 6.30. The van der Waals surface area contributed by atoms with E-state index in [1.165, 1.54) is 18.4 Å². The first-order chi connectivity index (χ1) is 15.1. The smallest absolute Gasteiger partial charge is 0.324 e. The molecule has 0 spiro atoms. The van der Waals surface area contributed by atoms with Gasteiger partial charge >= 0.3 is 6.01 Å². The second-order valence-corrected chi connectivity index (χ2v) is 8.93. The molecule has 1 aromatic heterocycles. The number of nitrogens with zero attached hydrogens (tertiary/aromatic N) is 2. The molecular formula is C25H27ClN4O. The van der Waals surface area contributed by atoms with Crippen LogP contribution in [0.25, 0.3) is 16.5 Å². The largest absolute Gasteiger partial charge is 0.424 e. The number of anilines is 1. The van der Waals surface area contributed by atoms with Crippen molar-refractivity contribution in [3.8, 4) is 11.8 Å². The van der Waals surface area contributed by atoms with Gasteiger partial charge in [-0.05, 0) is 74.9 Å². The molecule has 1 fully saturated rings. The van der Waals surface area contributed by atoms with Crippen LogP contribution in [0.3, 0.4) is 0 Å². The lowest BCUT2D eigenvalue weighted by Gasteiger charge is -2.19. The molecule has 31 heavy (non-hydrogen) atoms. The van der Waals surface area contributed by atoms with E-state index in [0.717, 1.165) is 47.4 Å². The summed E-state index contributed by atoms with van der Waals surface area (Å²) in [7, 11) is 0. The maximum atomic E-state index is 6.30. The highest BCUT2D eigenvalue weighted by Gasteiger charge is 2.29. The Labute approximate surface area is 187 Å². The number of halogens is 1. The molecule has 1 aliphatic heterocycles. The second kappa shape index (κ2) is 8.48. The summed E-state index contributed by atoms with van der Waals surface area (Å²) in [5, 5.41) is 8.71. The average Bonchev–Trinajstić information content (AvgIpc) is 3.62. The summed E-state index contributed by atoms with van der Waals surface area (Å²) < 4.78 is 6.08. The van der Waals surface area contributed by atoms with E-state index in [2.05, 4.69) is 41.8 Å². The zero-order valence-corrected chi connectivity index (χ0v) is 18.7. The summed E-state index contributed by atoms with van der Waals surface area (Å²) in [6, 6.07) is 12.7. The van der Waals surface area contributed by atoms with E-state index in [-0.39, 0.29) is 0 Å². The number of hydrogen-bond acceptors (Lipinski definition) is 5. The van der Waals surface area contributed by atoms with Crippen LogP contribution in [0.4, 0.5) is 5.82 Å². The molecule has 1 aliphatic carbocycles. The monoisotopic (exact) mass is 434 g/mol. The number of nitrogens with one attached hydrogen (secondary N) is 2. The van der Waals surface area contributed by atoms with E-state index in [1.807, 2.05) is 25.1 Å². The minimum atomic E-state index is 0.333. The van der Waals surface area contributed by atoms with Crippen LogP contribution in [0.2, 0.25) is 5.02 Å². The van der Waals surface area contributed by atoms with E-state index in [9.17, 15) is 0 Å². The van der Waals surface area contributed by atoms with Crippen LogP contribution in [0.1, 0.15) is 37.3 Å². The second-order valence-electron chi connectivity index (χ2n) is 8.52. The maximum Gasteiger partial charge on any atom is 0.324 e. The van der Waals surface area contributed by atoms with Crippen LogP contribution < -0.4 is 15.4 Å². The van der Waals surface area contributed by atoms with Gasteiger partial charge in [0.2, 0.25) is 0 Å². The molecule has 6 heteroatoms. The number of benzene rings is 2. The van der Waals surface area contributed by atoms with Crippen molar-refractivity contribution in [3.05, 3.63) is 58.6 Å². The molecule has 2 aromatic carbocycles. The number of ether oxygens (including phenoxy) is 1. The molecule has 1 saturated carbocycles. The van der Waals surface area contributed by atoms with Crippen molar-refractivity contribution in [3.63, 3.8) is 0 Å². The average molecular weight is 435 g/mol. The molecular weight excluding hydrogens is 408 g/mol. The van der Waals surface area contributed by atoms with Crippen LogP contribution in [0.5, 0.6) is 11.8 Å². The molecule has 2 aliphatic rings. The molecule has 5 nitrogen and oxygen atoms in total. The summed E-state index contributed by atoms with van der Waals surface area (Å²) in [6.45, 7) is 6.05. The van der Waals surface area contributed by atoms with Gasteiger partial charge in [-0.25, -0.2) is 0 Å². The highest BCUT2D eigenvalue weighted by atomic mass is 35.5. The highest BCUT2D eigenvalue weighted by molar-refractivity contribution is 6.31. The SMILES string of the molecule is Cc1ccc(Oc2nc(N[C@H](C)C3CC3)c3cccc(C4=CCNCC4)c3n2)cc1Cl. The predicted molar refractivity (Wildman–Crippen MR) is 127 cm³/mol. The van der Waals surface area contributed by atoms with Crippen LogP contribution >= 0.6 is 11.6 Å². The molecule has 2 heterocycles. The normalized spacial score (nSPS) is 17.3. The van der Waals surface area contributed by atoms with Gasteiger partial charge in [0.15, 0.2) is 0 Å². The van der Waals surface area contributed by atoms with E-state index in [0.29, 0.717) is 28.7 Å². The van der Waals surface area contributed by atoms with Crippen LogP contribution in [-0.2, 0) is 0 Å². The number of aryl methyl sites for hydroxylation is 1. The molecule has 0 unspecified atom stereocenters. The molecule has 3 aromatic rings. The molecule has 2 N–H and O–H groups in total. The molecule has 1 atom stereocenters. The Morgan fingerprint density at radius 2 is 2.06 bits per heavy atom. The summed E-state index contributed by atoms with van der Waals surface area (Å²) in [5.74, 6) is 2.17. The van der Waals surface area contributed by atoms with Gasteiger partial charge in [-0.2, -0.15) is 9.97 Å². The standard InChI is InChI=1S/C25H27ClN4O/c1-15-6-9-19(14-22(15)26)31-25-29-23-20(18-10-12-27-13-11-18)4-3-5-21(23)24(30-25)28-16(2)17-7-8-17/h3-6,9-10,14,16-17,27H,7-8,11-13H2,1-2H3,(H,28,29,30)/t16-/m1/s1. The third kappa shape index (κ3) is 4.39. The molecule has 0 saturated heterocycles. The van der Waals surface area contributed by atoms with Crippen LogP contribution in [-0.4, -0.2) is 29.1 Å². The molecule has 160 valence electrons. The van der Waals surface area contributed by atoms with Gasteiger partial charge in [0.1, 0.15) is 11.6 Å². The fourth-order valence-corrected chi connectivity index (χ4v) is 4.26. The molecule has 0 bridgehead atoms. The fraction of sp³-hybridized carbons (Fsp3) is 0.360. The zero-order valence-electron chi connectivity index (χ0n) is 17.9. The Balaban J connectivity index is 1.60. The topological polar surface area (TPSA) is 59.1 Å². The number of para-hydroxylation sites is 1. The number of aromatic nitrogens is 2. The third-order valence-corrected chi connectivity index (χ3v) is 6.57. The van der Waals surface area contributed by atoms with Gasteiger partial charge in [-0.1, -0.05) is 35.9 Å². The number of fused-ring (bicyclic) bond motifs is 1. The lowest BCUT2D eigenvalue weighted by Crippen LogP contribution is -2.20. The molecule has 0 amide bonds. The molecule has 5 rings (SSSR count). The Hall–Kier alpha value is -2.63. The lowest BCUT2D eigenvalue weighted by molar-refractivity contribution is 0.444. The summed E-state index contributed by atoms with van der Waals surface area (Å²) in [6.07, 6.45) is 5.77. The highest BCUT2D eigenvalue weighted by Crippen LogP contribution is 2.37. The van der Waals surface area contributed by atoms with Gasteiger partial charge in [-0.3, -0.25) is 0 Å². The first-order valence-corrected chi connectivity index (χ1v) is 11.4. The summed E-state index contributed by atoms with van der Waals surface area (Å²) in [5.41, 5.74) is 4.39. The summed E-state index contributed by atoms with van der Waals surface area (Å²) in [4.78, 5) is 9.61. The minimum Gasteiger partial charge on any atom is -0.424 e. The van der Waals surface area contributed by atoms with Crippen molar-refractivity contribution in [1.29, 1.82) is 0 Å². The van der Waals surface area contributed by atoms with E-state index < -0.39 is 0 Å². The van der Waals surface area contributed by atoms with Crippen molar-refractivity contribution in [2.24, 2.45) is 5.92 Å². The van der Waals surface area contributed by atoms with Crippen molar-refractivity contribution in [2.45, 2.75) is 39.2 Å². The van der Waals surface area contributed by atoms with Gasteiger partial charge in [-0.15, -0.1) is 0 Å². The lowest BCUT2D eigenvalue weighted by atomic mass is 9.97. The van der Waals surface area contributed by atoms with E-state index in [4.69, 9.17) is 26.3 Å². The van der Waals surface area contributed by atoms with Gasteiger partial charge < -0.3 is 15.4 Å². The van der Waals surface area contributed by atoms with Crippen molar-refractivity contribution < 1.29 is 4.74 Å². The number of rotatable bonds is 6. The van der Waals surface area contributed by atoms with Crippen LogP contribution in [0, 0.1) is 12.8 Å². The summed E-state index contributed by atoms with van der Waals surface area (Å²) >= 11 is 6.30. The third-order valence-electron chi connectivity index (χ3n) is 6.16. The number of hydrogen-bond donors (Lipinski definition) is 2. The van der Waals surface area contributed by atoms with Crippen molar-refractivity contribution in [1.82, 2.24) is 15.3 Å². The fourth-order valence-electron chi connectivity index (χ4n) is 4.09. The van der Waals surface area contributed by atoms with Crippen molar-refractivity contribution in [2.75, 3.05) is 18.4 Å². The minimum absolute atomic E-state index is 0.333. The van der Waals surface area contributed by atoms with E-state index >= 15 is 0 Å². The Morgan fingerprint density at radius 3 is 2.81 bits per heavy atom. The zero-order chi connectivity index (χ0) is 21.4.